The van der Waals surface area contributed by atoms with E-state index >= 15 is 0 Å². The summed E-state index contributed by atoms with van der Waals surface area (Å²) in [6.45, 7) is 4.10. The Balaban J connectivity index is 1.55. The van der Waals surface area contributed by atoms with E-state index in [9.17, 15) is 4.79 Å². The fourth-order valence-corrected chi connectivity index (χ4v) is 4.02. The van der Waals surface area contributed by atoms with Gasteiger partial charge in [-0.3, -0.25) is 4.79 Å². The molecule has 0 spiro atoms. The van der Waals surface area contributed by atoms with Crippen LogP contribution in [0.5, 0.6) is 5.75 Å². The molecule has 1 aromatic heterocycles. The molecule has 27 heavy (non-hydrogen) atoms. The Kier molecular flexibility index (Phi) is 6.31. The molecule has 0 atom stereocenters. The van der Waals surface area contributed by atoms with Gasteiger partial charge in [-0.05, 0) is 37.1 Å². The first kappa shape index (κ1) is 19.2. The number of benzene rings is 2. The number of amides is 1. The van der Waals surface area contributed by atoms with Gasteiger partial charge >= 0.3 is 0 Å². The smallest absolute Gasteiger partial charge is 0.234 e. The number of hydrogen-bond acceptors (Lipinski definition) is 7. The molecule has 0 aliphatic carbocycles. The van der Waals surface area contributed by atoms with Crippen molar-refractivity contribution in [3.05, 3.63) is 53.6 Å². The van der Waals surface area contributed by atoms with Crippen molar-refractivity contribution in [2.75, 3.05) is 23.5 Å². The number of thioether (sulfide) groups is 1. The highest BCUT2D eigenvalue weighted by Gasteiger charge is 2.10. The molecule has 8 heteroatoms. The van der Waals surface area contributed by atoms with Crippen molar-refractivity contribution < 1.29 is 9.53 Å². The summed E-state index contributed by atoms with van der Waals surface area (Å²) in [5.74, 6) is 0.856. The molecule has 0 unspecified atom stereocenters. The minimum Gasteiger partial charge on any atom is -0.497 e. The number of carbonyl (C=O) groups excluding carboxylic acids is 1. The number of hydrogen-bond donors (Lipinski definition) is 2. The first-order valence-electron chi connectivity index (χ1n) is 8.28. The number of para-hydroxylation sites is 1. The van der Waals surface area contributed by atoms with E-state index in [4.69, 9.17) is 4.74 Å². The predicted molar refractivity (Wildman–Crippen MR) is 111 cm³/mol. The zero-order valence-electron chi connectivity index (χ0n) is 15.3. The Labute approximate surface area is 166 Å². The van der Waals surface area contributed by atoms with Gasteiger partial charge in [-0.15, -0.1) is 10.2 Å². The number of carbonyl (C=O) groups is 1. The molecule has 0 bridgehead atoms. The maximum absolute atomic E-state index is 12.1. The average Bonchev–Trinajstić information content (AvgIpc) is 3.11. The molecule has 3 rings (SSSR count). The van der Waals surface area contributed by atoms with Crippen LogP contribution in [-0.4, -0.2) is 29.0 Å². The Morgan fingerprint density at radius 2 is 1.89 bits per heavy atom. The number of anilines is 3. The van der Waals surface area contributed by atoms with Gasteiger partial charge in [0.25, 0.3) is 0 Å². The van der Waals surface area contributed by atoms with Crippen LogP contribution in [0.25, 0.3) is 0 Å². The first-order chi connectivity index (χ1) is 13.0. The van der Waals surface area contributed by atoms with Gasteiger partial charge in [-0.25, -0.2) is 0 Å². The van der Waals surface area contributed by atoms with Gasteiger partial charge in [0.15, 0.2) is 4.34 Å². The van der Waals surface area contributed by atoms with Gasteiger partial charge < -0.3 is 15.4 Å². The second-order valence-corrected chi connectivity index (χ2v) is 8.03. The van der Waals surface area contributed by atoms with Crippen LogP contribution < -0.4 is 15.4 Å². The van der Waals surface area contributed by atoms with Gasteiger partial charge in [0, 0.05) is 17.4 Å². The highest BCUT2D eigenvalue weighted by atomic mass is 32.2. The van der Waals surface area contributed by atoms with E-state index < -0.39 is 0 Å². The van der Waals surface area contributed by atoms with Crippen molar-refractivity contribution in [1.82, 2.24) is 10.2 Å². The van der Waals surface area contributed by atoms with Crippen LogP contribution in [0.3, 0.4) is 0 Å². The average molecular weight is 401 g/mol. The molecule has 0 aliphatic rings. The molecule has 6 nitrogen and oxygen atoms in total. The van der Waals surface area contributed by atoms with E-state index in [-0.39, 0.29) is 11.7 Å². The lowest BCUT2D eigenvalue weighted by molar-refractivity contribution is -0.113. The van der Waals surface area contributed by atoms with E-state index in [1.54, 1.807) is 13.2 Å². The molecular weight excluding hydrogens is 380 g/mol. The minimum absolute atomic E-state index is 0.104. The van der Waals surface area contributed by atoms with Gasteiger partial charge in [0.2, 0.25) is 11.0 Å². The predicted octanol–water partition coefficient (Wildman–Crippen LogP) is 4.64. The second kappa shape index (κ2) is 8.88. The zero-order valence-corrected chi connectivity index (χ0v) is 16.9. The van der Waals surface area contributed by atoms with Crippen molar-refractivity contribution in [3.63, 3.8) is 0 Å². The number of aromatic nitrogens is 2. The highest BCUT2D eigenvalue weighted by molar-refractivity contribution is 8.01. The molecule has 1 amide bonds. The van der Waals surface area contributed by atoms with Crippen molar-refractivity contribution in [2.24, 2.45) is 0 Å². The summed E-state index contributed by atoms with van der Waals surface area (Å²) in [7, 11) is 1.59. The van der Waals surface area contributed by atoms with Crippen molar-refractivity contribution in [3.8, 4) is 5.75 Å². The normalized spacial score (nSPS) is 10.5. The largest absolute Gasteiger partial charge is 0.497 e. The zero-order chi connectivity index (χ0) is 19.2. The van der Waals surface area contributed by atoms with Crippen LogP contribution >= 0.6 is 23.1 Å². The number of methoxy groups -OCH3 is 1. The lowest BCUT2D eigenvalue weighted by Gasteiger charge is -2.09. The van der Waals surface area contributed by atoms with Crippen LogP contribution in [0.4, 0.5) is 16.5 Å². The summed E-state index contributed by atoms with van der Waals surface area (Å²) in [5.41, 5.74) is 4.05. The fraction of sp³-hybridized carbons (Fsp3) is 0.211. The van der Waals surface area contributed by atoms with E-state index in [2.05, 4.69) is 46.8 Å². The molecule has 3 aromatic rings. The molecule has 0 fully saturated rings. The molecular formula is C19H20N4O2S2. The molecule has 0 aliphatic heterocycles. The number of aryl methyl sites for hydroxylation is 2. The van der Waals surface area contributed by atoms with Crippen molar-refractivity contribution in [1.29, 1.82) is 0 Å². The summed E-state index contributed by atoms with van der Waals surface area (Å²) in [4.78, 5) is 12.1. The maximum Gasteiger partial charge on any atom is 0.234 e. The molecule has 0 saturated carbocycles. The number of nitrogens with one attached hydrogen (secondary N) is 2. The summed E-state index contributed by atoms with van der Waals surface area (Å²) < 4.78 is 5.89. The minimum atomic E-state index is -0.104. The molecule has 0 saturated heterocycles. The SMILES string of the molecule is COc1cccc(NC(=O)CSc2nnc(Nc3c(C)cccc3C)s2)c1. The Morgan fingerprint density at radius 3 is 2.63 bits per heavy atom. The lowest BCUT2D eigenvalue weighted by Crippen LogP contribution is -2.13. The van der Waals surface area contributed by atoms with E-state index in [0.717, 1.165) is 21.2 Å². The molecule has 1 heterocycles. The van der Waals surface area contributed by atoms with E-state index in [1.165, 1.54) is 23.1 Å². The fourth-order valence-electron chi connectivity index (χ4n) is 2.46. The summed E-state index contributed by atoms with van der Waals surface area (Å²) >= 11 is 2.79. The van der Waals surface area contributed by atoms with Gasteiger partial charge in [0.1, 0.15) is 5.75 Å². The Morgan fingerprint density at radius 1 is 1.15 bits per heavy atom. The first-order valence-corrected chi connectivity index (χ1v) is 10.1. The van der Waals surface area contributed by atoms with E-state index in [1.807, 2.05) is 24.3 Å². The summed E-state index contributed by atoms with van der Waals surface area (Å²) in [6, 6.07) is 13.4. The Hall–Kier alpha value is -2.58. The molecule has 0 radical (unpaired) electrons. The maximum atomic E-state index is 12.1. The second-order valence-electron chi connectivity index (χ2n) is 5.83. The molecule has 140 valence electrons. The monoisotopic (exact) mass is 400 g/mol. The van der Waals surface area contributed by atoms with Crippen LogP contribution in [0.2, 0.25) is 0 Å². The lowest BCUT2D eigenvalue weighted by atomic mass is 10.1. The van der Waals surface area contributed by atoms with Crippen molar-refractivity contribution >= 4 is 45.5 Å². The highest BCUT2D eigenvalue weighted by Crippen LogP contribution is 2.30. The third-order valence-corrected chi connectivity index (χ3v) is 5.77. The van der Waals surface area contributed by atoms with Gasteiger partial charge in [0.05, 0.1) is 12.9 Å². The Bertz CT molecular complexity index is 923. The summed E-state index contributed by atoms with van der Waals surface area (Å²) in [6.07, 6.45) is 0. The van der Waals surface area contributed by atoms with Crippen LogP contribution in [0.15, 0.2) is 46.8 Å². The quantitative estimate of drug-likeness (QED) is 0.563. The van der Waals surface area contributed by atoms with Gasteiger partial charge in [-0.2, -0.15) is 0 Å². The number of nitrogens with zero attached hydrogens (tertiary/aromatic N) is 2. The third-order valence-electron chi connectivity index (χ3n) is 3.80. The van der Waals surface area contributed by atoms with Crippen LogP contribution in [-0.2, 0) is 4.79 Å². The third kappa shape index (κ3) is 5.21. The van der Waals surface area contributed by atoms with Crippen molar-refractivity contribution in [2.45, 2.75) is 18.2 Å². The summed E-state index contributed by atoms with van der Waals surface area (Å²) in [5, 5.41) is 15.2. The topological polar surface area (TPSA) is 76.1 Å². The van der Waals surface area contributed by atoms with Gasteiger partial charge in [-0.1, -0.05) is 47.4 Å². The molecule has 2 aromatic carbocycles. The standard InChI is InChI=1S/C19H20N4O2S2/c1-12-6-4-7-13(2)17(12)21-18-22-23-19(27-18)26-11-16(24)20-14-8-5-9-15(10-14)25-3/h4-10H,11H2,1-3H3,(H,20,24)(H,21,22). The van der Waals surface area contributed by atoms with Crippen LogP contribution in [0.1, 0.15) is 11.1 Å². The number of rotatable bonds is 7. The van der Waals surface area contributed by atoms with Crippen LogP contribution in [0, 0.1) is 13.8 Å². The van der Waals surface area contributed by atoms with E-state index in [0.29, 0.717) is 16.6 Å². The number of ether oxygens (including phenoxy) is 1. The molecule has 2 N–H and O–H groups in total.